The summed E-state index contributed by atoms with van der Waals surface area (Å²) < 4.78 is 5.07. The van der Waals surface area contributed by atoms with E-state index in [1.165, 1.54) is 0 Å². The Morgan fingerprint density at radius 1 is 1.41 bits per heavy atom. The average molecular weight is 308 g/mol. The first kappa shape index (κ1) is 16.5. The minimum atomic E-state index is -0.879. The maximum absolute atomic E-state index is 11.1. The molecule has 0 amide bonds. The van der Waals surface area contributed by atoms with Crippen LogP contribution in [0.15, 0.2) is 6.07 Å². The minimum absolute atomic E-state index is 0.0943. The SMILES string of the molecule is CCc1cc(N(CCOC)CC(=O)O)nc(N2CCCC2)n1. The molecule has 0 saturated carbocycles. The highest BCUT2D eigenvalue weighted by atomic mass is 16.5. The number of aliphatic carboxylic acids is 1. The van der Waals surface area contributed by atoms with Gasteiger partial charge in [0.05, 0.1) is 6.61 Å². The van der Waals surface area contributed by atoms with Crippen molar-refractivity contribution in [3.05, 3.63) is 11.8 Å². The zero-order valence-electron chi connectivity index (χ0n) is 13.3. The molecule has 2 rings (SSSR count). The first-order chi connectivity index (χ1) is 10.6. The summed E-state index contributed by atoms with van der Waals surface area (Å²) in [7, 11) is 1.60. The van der Waals surface area contributed by atoms with Crippen molar-refractivity contribution in [2.24, 2.45) is 0 Å². The number of aromatic nitrogens is 2. The number of carboxylic acids is 1. The van der Waals surface area contributed by atoms with Crippen LogP contribution in [-0.2, 0) is 16.0 Å². The fourth-order valence-electron chi connectivity index (χ4n) is 2.51. The normalized spacial score (nSPS) is 14.4. The molecule has 22 heavy (non-hydrogen) atoms. The molecule has 0 atom stereocenters. The molecule has 0 spiro atoms. The Morgan fingerprint density at radius 2 is 2.14 bits per heavy atom. The maximum Gasteiger partial charge on any atom is 0.323 e. The van der Waals surface area contributed by atoms with Gasteiger partial charge in [0.1, 0.15) is 12.4 Å². The molecule has 7 nitrogen and oxygen atoms in total. The zero-order valence-corrected chi connectivity index (χ0v) is 13.3. The lowest BCUT2D eigenvalue weighted by atomic mass is 10.3. The number of methoxy groups -OCH3 is 1. The molecule has 1 aliphatic rings. The number of ether oxygens (including phenoxy) is 1. The number of nitrogens with zero attached hydrogens (tertiary/aromatic N) is 4. The number of hydrogen-bond acceptors (Lipinski definition) is 6. The maximum atomic E-state index is 11.1. The number of rotatable bonds is 8. The Bertz CT molecular complexity index is 504. The highest BCUT2D eigenvalue weighted by Crippen LogP contribution is 2.21. The fourth-order valence-corrected chi connectivity index (χ4v) is 2.51. The number of aryl methyl sites for hydroxylation is 1. The van der Waals surface area contributed by atoms with Gasteiger partial charge in [-0.3, -0.25) is 4.79 Å². The van der Waals surface area contributed by atoms with Crippen LogP contribution >= 0.6 is 0 Å². The van der Waals surface area contributed by atoms with Crippen LogP contribution in [-0.4, -0.2) is 60.9 Å². The molecule has 7 heteroatoms. The van der Waals surface area contributed by atoms with Crippen molar-refractivity contribution in [2.45, 2.75) is 26.2 Å². The highest BCUT2D eigenvalue weighted by molar-refractivity contribution is 5.73. The molecule has 1 fully saturated rings. The third-order valence-electron chi connectivity index (χ3n) is 3.72. The minimum Gasteiger partial charge on any atom is -0.480 e. The Kier molecular flexibility index (Phi) is 5.94. The molecule has 1 aromatic heterocycles. The average Bonchev–Trinajstić information content (AvgIpc) is 3.05. The smallest absolute Gasteiger partial charge is 0.323 e. The van der Waals surface area contributed by atoms with Crippen LogP contribution in [0, 0.1) is 0 Å². The van der Waals surface area contributed by atoms with Crippen LogP contribution in [0.5, 0.6) is 0 Å². The summed E-state index contributed by atoms with van der Waals surface area (Å²) in [5, 5.41) is 9.12. The molecular weight excluding hydrogens is 284 g/mol. The van der Waals surface area contributed by atoms with Crippen LogP contribution in [0.3, 0.4) is 0 Å². The van der Waals surface area contributed by atoms with Gasteiger partial charge in [0.15, 0.2) is 0 Å². The van der Waals surface area contributed by atoms with E-state index >= 15 is 0 Å². The van der Waals surface area contributed by atoms with E-state index in [9.17, 15) is 4.79 Å². The predicted octanol–water partition coefficient (Wildman–Crippen LogP) is 1.18. The van der Waals surface area contributed by atoms with Crippen molar-refractivity contribution in [3.8, 4) is 0 Å². The van der Waals surface area contributed by atoms with E-state index in [4.69, 9.17) is 9.84 Å². The zero-order chi connectivity index (χ0) is 15.9. The molecular formula is C15H24N4O3. The van der Waals surface area contributed by atoms with Gasteiger partial charge in [-0.2, -0.15) is 4.98 Å². The van der Waals surface area contributed by atoms with Gasteiger partial charge in [0.25, 0.3) is 0 Å². The van der Waals surface area contributed by atoms with E-state index in [0.717, 1.165) is 38.0 Å². The van der Waals surface area contributed by atoms with Crippen molar-refractivity contribution in [2.75, 3.05) is 49.7 Å². The monoisotopic (exact) mass is 308 g/mol. The predicted molar refractivity (Wildman–Crippen MR) is 84.6 cm³/mol. The summed E-state index contributed by atoms with van der Waals surface area (Å²) in [5.41, 5.74) is 0.930. The van der Waals surface area contributed by atoms with Gasteiger partial charge in [-0.25, -0.2) is 4.98 Å². The molecule has 0 radical (unpaired) electrons. The second kappa shape index (κ2) is 7.93. The van der Waals surface area contributed by atoms with Crippen LogP contribution in [0.2, 0.25) is 0 Å². The Morgan fingerprint density at radius 3 is 2.73 bits per heavy atom. The molecule has 0 bridgehead atoms. The van der Waals surface area contributed by atoms with Crippen molar-refractivity contribution in [3.63, 3.8) is 0 Å². The Labute approximate surface area is 130 Å². The van der Waals surface area contributed by atoms with Crippen molar-refractivity contribution >= 4 is 17.7 Å². The standard InChI is InChI=1S/C15H24N4O3/c1-3-12-10-13(19(8-9-22-2)11-14(20)21)17-15(16-12)18-6-4-5-7-18/h10H,3-9,11H2,1-2H3,(H,20,21). The van der Waals surface area contributed by atoms with E-state index < -0.39 is 5.97 Å². The lowest BCUT2D eigenvalue weighted by Crippen LogP contribution is -2.34. The first-order valence-electron chi connectivity index (χ1n) is 7.72. The lowest BCUT2D eigenvalue weighted by molar-refractivity contribution is -0.135. The van der Waals surface area contributed by atoms with Crippen molar-refractivity contribution < 1.29 is 14.6 Å². The van der Waals surface area contributed by atoms with Gasteiger partial charge < -0.3 is 19.6 Å². The van der Waals surface area contributed by atoms with Gasteiger partial charge >= 0.3 is 5.97 Å². The van der Waals surface area contributed by atoms with Crippen LogP contribution in [0.4, 0.5) is 11.8 Å². The van der Waals surface area contributed by atoms with E-state index in [1.54, 1.807) is 12.0 Å². The number of anilines is 2. The van der Waals surface area contributed by atoms with Gasteiger partial charge in [-0.05, 0) is 19.3 Å². The molecule has 1 aromatic rings. The quantitative estimate of drug-likeness (QED) is 0.772. The molecule has 1 aliphatic heterocycles. The van der Waals surface area contributed by atoms with Crippen molar-refractivity contribution in [1.82, 2.24) is 9.97 Å². The molecule has 2 heterocycles. The molecule has 122 valence electrons. The van der Waals surface area contributed by atoms with Crippen LogP contribution in [0.1, 0.15) is 25.5 Å². The Balaban J connectivity index is 2.28. The van der Waals surface area contributed by atoms with E-state index in [2.05, 4.69) is 14.9 Å². The van der Waals surface area contributed by atoms with Gasteiger partial charge in [-0.1, -0.05) is 6.92 Å². The Hall–Kier alpha value is -1.89. The van der Waals surface area contributed by atoms with E-state index in [0.29, 0.717) is 24.9 Å². The summed E-state index contributed by atoms with van der Waals surface area (Å²) in [6.07, 6.45) is 3.09. The molecule has 0 aromatic carbocycles. The summed E-state index contributed by atoms with van der Waals surface area (Å²) in [6.45, 7) is 4.81. The van der Waals surface area contributed by atoms with Crippen LogP contribution in [0.25, 0.3) is 0 Å². The summed E-state index contributed by atoms with van der Waals surface area (Å²) in [5.74, 6) is 0.489. The number of carboxylic acid groups (broad SMARTS) is 1. The third kappa shape index (κ3) is 4.30. The van der Waals surface area contributed by atoms with Gasteiger partial charge in [0, 0.05) is 38.5 Å². The molecule has 0 unspecified atom stereocenters. The van der Waals surface area contributed by atoms with E-state index in [-0.39, 0.29) is 6.54 Å². The summed E-state index contributed by atoms with van der Waals surface area (Å²) in [6, 6.07) is 1.87. The number of carbonyl (C=O) groups is 1. The fraction of sp³-hybridized carbons (Fsp3) is 0.667. The van der Waals surface area contributed by atoms with E-state index in [1.807, 2.05) is 13.0 Å². The van der Waals surface area contributed by atoms with Crippen molar-refractivity contribution in [1.29, 1.82) is 0 Å². The molecule has 1 saturated heterocycles. The second-order valence-corrected chi connectivity index (χ2v) is 5.37. The van der Waals surface area contributed by atoms with Crippen LogP contribution < -0.4 is 9.80 Å². The topological polar surface area (TPSA) is 78.8 Å². The summed E-state index contributed by atoms with van der Waals surface area (Å²) >= 11 is 0. The van der Waals surface area contributed by atoms with Gasteiger partial charge in [0.2, 0.25) is 5.95 Å². The first-order valence-corrected chi connectivity index (χ1v) is 7.72. The largest absolute Gasteiger partial charge is 0.480 e. The lowest BCUT2D eigenvalue weighted by Gasteiger charge is -2.24. The van der Waals surface area contributed by atoms with Gasteiger partial charge in [-0.15, -0.1) is 0 Å². The third-order valence-corrected chi connectivity index (χ3v) is 3.72. The number of hydrogen-bond donors (Lipinski definition) is 1. The summed E-state index contributed by atoms with van der Waals surface area (Å²) in [4.78, 5) is 24.2. The second-order valence-electron chi connectivity index (χ2n) is 5.37. The molecule has 0 aliphatic carbocycles. The highest BCUT2D eigenvalue weighted by Gasteiger charge is 2.19. The molecule has 1 N–H and O–H groups in total.